The molecule has 2 atom stereocenters. The Kier molecular flexibility index (Phi) is 7.76. The van der Waals surface area contributed by atoms with E-state index in [9.17, 15) is 33.1 Å². The Morgan fingerprint density at radius 3 is 2.47 bits per heavy atom. The SMILES string of the molecule is COc1ccc(CNC(=O)N2C3CN(Cc4ccc(F)cc4F)C(=O)C(CC(=O)O)N3C(=O)CN2C)cc1. The van der Waals surface area contributed by atoms with Crippen molar-refractivity contribution in [1.82, 2.24) is 25.1 Å². The smallest absolute Gasteiger partial charge is 0.334 e. The van der Waals surface area contributed by atoms with Gasteiger partial charge in [0.15, 0.2) is 0 Å². The first-order valence-corrected chi connectivity index (χ1v) is 11.8. The molecule has 2 aromatic carbocycles. The summed E-state index contributed by atoms with van der Waals surface area (Å²) in [5, 5.41) is 14.9. The number of likely N-dealkylation sites (N-methyl/N-ethyl adjacent to an activating group) is 1. The summed E-state index contributed by atoms with van der Waals surface area (Å²) in [6.45, 7) is -0.624. The Morgan fingerprint density at radius 1 is 1.13 bits per heavy atom. The number of fused-ring (bicyclic) bond motifs is 1. The number of carbonyl (C=O) groups excluding carboxylic acids is 3. The topological polar surface area (TPSA) is 123 Å². The summed E-state index contributed by atoms with van der Waals surface area (Å²) in [5.74, 6) is -3.56. The first kappa shape index (κ1) is 26.8. The summed E-state index contributed by atoms with van der Waals surface area (Å²) in [6.07, 6.45) is -1.75. The monoisotopic (exact) mass is 531 g/mol. The fourth-order valence-electron chi connectivity index (χ4n) is 4.67. The van der Waals surface area contributed by atoms with E-state index in [4.69, 9.17) is 4.74 Å². The molecule has 4 rings (SSSR count). The van der Waals surface area contributed by atoms with Gasteiger partial charge in [-0.05, 0) is 23.8 Å². The van der Waals surface area contributed by atoms with Crippen molar-refractivity contribution in [2.45, 2.75) is 31.7 Å². The highest BCUT2D eigenvalue weighted by atomic mass is 19.1. The summed E-state index contributed by atoms with van der Waals surface area (Å²) in [6, 6.07) is 7.96. The molecule has 2 saturated heterocycles. The molecular formula is C25H27F2N5O6. The summed E-state index contributed by atoms with van der Waals surface area (Å²) in [5.41, 5.74) is 0.788. The summed E-state index contributed by atoms with van der Waals surface area (Å²) in [4.78, 5) is 53.5. The van der Waals surface area contributed by atoms with E-state index in [0.29, 0.717) is 11.8 Å². The van der Waals surface area contributed by atoms with Gasteiger partial charge in [0.2, 0.25) is 11.8 Å². The molecule has 0 aromatic heterocycles. The van der Waals surface area contributed by atoms with E-state index in [2.05, 4.69) is 5.32 Å². The van der Waals surface area contributed by atoms with Crippen molar-refractivity contribution in [1.29, 1.82) is 0 Å². The molecule has 0 radical (unpaired) electrons. The highest BCUT2D eigenvalue weighted by molar-refractivity contribution is 5.93. The van der Waals surface area contributed by atoms with Crippen LogP contribution in [0.1, 0.15) is 17.5 Å². The van der Waals surface area contributed by atoms with Crippen molar-refractivity contribution in [3.63, 3.8) is 0 Å². The summed E-state index contributed by atoms with van der Waals surface area (Å²) < 4.78 is 32.9. The van der Waals surface area contributed by atoms with E-state index in [1.54, 1.807) is 24.3 Å². The van der Waals surface area contributed by atoms with E-state index >= 15 is 0 Å². The van der Waals surface area contributed by atoms with Crippen molar-refractivity contribution in [2.75, 3.05) is 27.2 Å². The summed E-state index contributed by atoms with van der Waals surface area (Å²) in [7, 11) is 3.06. The molecule has 2 heterocycles. The van der Waals surface area contributed by atoms with Crippen LogP contribution in [0.4, 0.5) is 13.6 Å². The maximum absolute atomic E-state index is 14.4. The van der Waals surface area contributed by atoms with Crippen LogP contribution in [0.15, 0.2) is 42.5 Å². The van der Waals surface area contributed by atoms with Crippen LogP contribution in [0.3, 0.4) is 0 Å². The molecule has 202 valence electrons. The average Bonchev–Trinajstić information content (AvgIpc) is 2.86. The molecule has 2 aliphatic rings. The van der Waals surface area contributed by atoms with Gasteiger partial charge in [0, 0.05) is 31.8 Å². The molecular weight excluding hydrogens is 504 g/mol. The lowest BCUT2D eigenvalue weighted by Gasteiger charge is -2.54. The van der Waals surface area contributed by atoms with Crippen LogP contribution in [0.5, 0.6) is 5.75 Å². The zero-order valence-corrected chi connectivity index (χ0v) is 20.8. The molecule has 2 fully saturated rings. The van der Waals surface area contributed by atoms with Gasteiger partial charge in [0.1, 0.15) is 29.6 Å². The lowest BCUT2D eigenvalue weighted by atomic mass is 10.0. The number of halogens is 2. The van der Waals surface area contributed by atoms with Crippen molar-refractivity contribution in [3.8, 4) is 5.75 Å². The number of piperazine rings is 1. The Bertz CT molecular complexity index is 1240. The molecule has 4 amide bonds. The Morgan fingerprint density at radius 2 is 1.84 bits per heavy atom. The minimum absolute atomic E-state index is 0.00766. The molecule has 2 aromatic rings. The van der Waals surface area contributed by atoms with Crippen molar-refractivity contribution in [3.05, 3.63) is 65.2 Å². The molecule has 0 aliphatic carbocycles. The number of nitrogens with one attached hydrogen (secondary N) is 1. The quantitative estimate of drug-likeness (QED) is 0.554. The molecule has 2 aliphatic heterocycles. The largest absolute Gasteiger partial charge is 0.497 e. The van der Waals surface area contributed by atoms with Gasteiger partial charge >= 0.3 is 12.0 Å². The maximum atomic E-state index is 14.4. The van der Waals surface area contributed by atoms with Crippen LogP contribution in [0, 0.1) is 11.6 Å². The van der Waals surface area contributed by atoms with Gasteiger partial charge in [-0.25, -0.2) is 23.6 Å². The van der Waals surface area contributed by atoms with E-state index in [-0.39, 0.29) is 31.7 Å². The number of urea groups is 1. The fourth-order valence-corrected chi connectivity index (χ4v) is 4.67. The second kappa shape index (κ2) is 11.0. The number of carbonyl (C=O) groups is 4. The lowest BCUT2D eigenvalue weighted by Crippen LogP contribution is -2.76. The number of carboxylic acids is 1. The van der Waals surface area contributed by atoms with Crippen LogP contribution in [-0.4, -0.2) is 88.2 Å². The molecule has 13 heteroatoms. The summed E-state index contributed by atoms with van der Waals surface area (Å²) >= 11 is 0. The fraction of sp³-hybridized carbons (Fsp3) is 0.360. The normalized spacial score (nSPS) is 19.8. The zero-order chi connectivity index (χ0) is 27.6. The minimum atomic E-state index is -1.41. The molecule has 11 nitrogen and oxygen atoms in total. The second-order valence-corrected chi connectivity index (χ2v) is 9.02. The van der Waals surface area contributed by atoms with Crippen molar-refractivity contribution < 1.29 is 37.8 Å². The number of carboxylic acid groups (broad SMARTS) is 1. The molecule has 2 N–H and O–H groups in total. The van der Waals surface area contributed by atoms with E-state index in [0.717, 1.165) is 16.5 Å². The van der Waals surface area contributed by atoms with Gasteiger partial charge in [-0.1, -0.05) is 18.2 Å². The molecule has 0 saturated carbocycles. The number of hydrogen-bond donors (Lipinski definition) is 2. The van der Waals surface area contributed by atoms with Crippen molar-refractivity contribution >= 4 is 23.8 Å². The first-order valence-electron chi connectivity index (χ1n) is 11.8. The van der Waals surface area contributed by atoms with Crippen LogP contribution in [-0.2, 0) is 27.5 Å². The highest BCUT2D eigenvalue weighted by Crippen LogP contribution is 2.28. The standard InChI is InChI=1S/C25H27F2N5O6/c1-29-14-22(33)31-20(10-23(34)35)24(36)30(12-16-5-6-17(26)9-19(16)27)13-21(31)32(29)25(37)28-11-15-3-7-18(38-2)8-4-15/h3-9,20-21H,10-14H2,1-2H3,(H,28,37)(H,34,35). The number of amides is 4. The maximum Gasteiger partial charge on any atom is 0.334 e. The van der Waals surface area contributed by atoms with Gasteiger partial charge < -0.3 is 25.0 Å². The molecule has 0 spiro atoms. The van der Waals surface area contributed by atoms with Crippen LogP contribution >= 0.6 is 0 Å². The average molecular weight is 532 g/mol. The van der Waals surface area contributed by atoms with E-state index < -0.39 is 54.1 Å². The number of hydrogen-bond acceptors (Lipinski definition) is 6. The number of rotatable bonds is 7. The predicted molar refractivity (Wildman–Crippen MR) is 128 cm³/mol. The number of benzene rings is 2. The Labute approximate surface area is 217 Å². The van der Waals surface area contributed by atoms with E-state index in [1.807, 2.05) is 0 Å². The number of aliphatic carboxylic acids is 1. The molecule has 0 bridgehead atoms. The first-order chi connectivity index (χ1) is 18.1. The number of hydrazine groups is 1. The van der Waals surface area contributed by atoms with Gasteiger partial charge in [0.25, 0.3) is 0 Å². The number of ether oxygens (including phenoxy) is 1. The van der Waals surface area contributed by atoms with Gasteiger partial charge in [0.05, 0.1) is 26.6 Å². The zero-order valence-electron chi connectivity index (χ0n) is 20.8. The molecule has 38 heavy (non-hydrogen) atoms. The van der Waals surface area contributed by atoms with E-state index in [1.165, 1.54) is 35.1 Å². The minimum Gasteiger partial charge on any atom is -0.497 e. The third kappa shape index (κ3) is 5.52. The second-order valence-electron chi connectivity index (χ2n) is 9.02. The Hall–Kier alpha value is -4.26. The lowest BCUT2D eigenvalue weighted by molar-refractivity contribution is -0.189. The van der Waals surface area contributed by atoms with Gasteiger partial charge in [-0.15, -0.1) is 0 Å². The van der Waals surface area contributed by atoms with Gasteiger partial charge in [-0.2, -0.15) is 0 Å². The van der Waals surface area contributed by atoms with Crippen LogP contribution in [0.2, 0.25) is 0 Å². The third-order valence-corrected chi connectivity index (χ3v) is 6.49. The van der Waals surface area contributed by atoms with Crippen molar-refractivity contribution in [2.24, 2.45) is 0 Å². The third-order valence-electron chi connectivity index (χ3n) is 6.49. The van der Waals surface area contributed by atoms with Crippen LogP contribution in [0.25, 0.3) is 0 Å². The Balaban J connectivity index is 1.60. The van der Waals surface area contributed by atoms with Crippen LogP contribution < -0.4 is 10.1 Å². The number of nitrogens with zero attached hydrogens (tertiary/aromatic N) is 4. The highest BCUT2D eigenvalue weighted by Gasteiger charge is 2.51. The van der Waals surface area contributed by atoms with Gasteiger partial charge in [-0.3, -0.25) is 14.4 Å². The number of methoxy groups -OCH3 is 1. The predicted octanol–water partition coefficient (Wildman–Crippen LogP) is 1.39. The molecule has 2 unspecified atom stereocenters.